The molecule has 122 valence electrons. The first-order valence-electron chi connectivity index (χ1n) is 8.97. The Morgan fingerprint density at radius 1 is 0.875 bits per heavy atom. The molecule has 0 saturated heterocycles. The maximum atomic E-state index is 2.45. The average Bonchev–Trinajstić information content (AvgIpc) is 3.03. The second-order valence-electron chi connectivity index (χ2n) is 8.42. The van der Waals surface area contributed by atoms with E-state index in [1.165, 1.54) is 44.5 Å². The van der Waals surface area contributed by atoms with Gasteiger partial charge in [0.25, 0.3) is 0 Å². The second-order valence-corrected chi connectivity index (χ2v) is 8.42. The summed E-state index contributed by atoms with van der Waals surface area (Å²) in [7, 11) is 0. The van der Waals surface area contributed by atoms with E-state index in [-0.39, 0.29) is 5.41 Å². The van der Waals surface area contributed by atoms with Crippen LogP contribution in [0.3, 0.4) is 0 Å². The first-order valence-corrected chi connectivity index (χ1v) is 8.97. The number of hydrogen-bond acceptors (Lipinski definition) is 0. The molecule has 0 bridgehead atoms. The predicted molar refractivity (Wildman–Crippen MR) is 103 cm³/mol. The normalized spacial score (nSPS) is 19.4. The van der Waals surface area contributed by atoms with Gasteiger partial charge in [0.1, 0.15) is 0 Å². The second kappa shape index (κ2) is 5.21. The first kappa shape index (κ1) is 15.4. The molecule has 1 atom stereocenters. The van der Waals surface area contributed by atoms with Crippen molar-refractivity contribution in [1.82, 2.24) is 0 Å². The van der Waals surface area contributed by atoms with Crippen LogP contribution in [0.25, 0.3) is 11.1 Å². The van der Waals surface area contributed by atoms with Crippen molar-refractivity contribution in [2.75, 3.05) is 0 Å². The number of allylic oxidation sites excluding steroid dienone is 4. The largest absolute Gasteiger partial charge is 0.0619 e. The molecule has 0 spiro atoms. The summed E-state index contributed by atoms with van der Waals surface area (Å²) in [4.78, 5) is 0. The van der Waals surface area contributed by atoms with E-state index in [0.717, 1.165) is 6.42 Å². The van der Waals surface area contributed by atoms with Crippen molar-refractivity contribution in [2.45, 2.75) is 47.0 Å². The van der Waals surface area contributed by atoms with Crippen LogP contribution in [0.15, 0.2) is 65.3 Å². The zero-order chi connectivity index (χ0) is 17.1. The van der Waals surface area contributed by atoms with E-state index in [1.54, 1.807) is 0 Å². The van der Waals surface area contributed by atoms with Crippen molar-refractivity contribution in [1.29, 1.82) is 0 Å². The minimum Gasteiger partial charge on any atom is -0.0619 e. The summed E-state index contributed by atoms with van der Waals surface area (Å²) in [5.74, 6) is 0.452. The van der Waals surface area contributed by atoms with Gasteiger partial charge in [-0.1, -0.05) is 80.5 Å². The van der Waals surface area contributed by atoms with Crippen LogP contribution in [0, 0.1) is 5.41 Å². The Hall–Kier alpha value is -2.08. The van der Waals surface area contributed by atoms with E-state index in [2.05, 4.69) is 83.2 Å². The molecule has 0 heteroatoms. The molecule has 2 aliphatic rings. The van der Waals surface area contributed by atoms with Crippen molar-refractivity contribution in [3.63, 3.8) is 0 Å². The molecule has 0 aliphatic heterocycles. The van der Waals surface area contributed by atoms with Crippen LogP contribution in [0.1, 0.15) is 57.2 Å². The molecule has 0 aromatic heterocycles. The Kier molecular flexibility index (Phi) is 3.35. The van der Waals surface area contributed by atoms with Gasteiger partial charge in [0.15, 0.2) is 0 Å². The lowest BCUT2D eigenvalue weighted by atomic mass is 9.82. The zero-order valence-corrected chi connectivity index (χ0v) is 15.4. The van der Waals surface area contributed by atoms with Crippen LogP contribution in [0.4, 0.5) is 0 Å². The summed E-state index contributed by atoms with van der Waals surface area (Å²) >= 11 is 0. The zero-order valence-electron chi connectivity index (χ0n) is 15.4. The minimum atomic E-state index is 0.215. The SMILES string of the molecule is CC1=CC(C(C)(C)C)=C(C)C1c1ccc2c(c1)Cc1ccccc1-2. The summed E-state index contributed by atoms with van der Waals surface area (Å²) in [6.45, 7) is 11.6. The maximum absolute atomic E-state index is 2.45. The van der Waals surface area contributed by atoms with Crippen LogP contribution in [-0.4, -0.2) is 0 Å². The van der Waals surface area contributed by atoms with Gasteiger partial charge < -0.3 is 0 Å². The lowest BCUT2D eigenvalue weighted by molar-refractivity contribution is 0.513. The first-order chi connectivity index (χ1) is 11.4. The number of fused-ring (bicyclic) bond motifs is 3. The summed E-state index contributed by atoms with van der Waals surface area (Å²) in [6, 6.07) is 16.0. The van der Waals surface area contributed by atoms with Crippen LogP contribution in [-0.2, 0) is 6.42 Å². The lowest BCUT2D eigenvalue weighted by Gasteiger charge is -2.22. The van der Waals surface area contributed by atoms with Crippen molar-refractivity contribution in [2.24, 2.45) is 5.41 Å². The molecule has 0 heterocycles. The highest BCUT2D eigenvalue weighted by molar-refractivity contribution is 5.77. The Bertz CT molecular complexity index is 884. The molecule has 1 unspecified atom stereocenters. The fraction of sp³-hybridized carbons (Fsp3) is 0.333. The molecule has 0 N–H and O–H groups in total. The van der Waals surface area contributed by atoms with Crippen LogP contribution in [0.2, 0.25) is 0 Å². The molecule has 2 aliphatic carbocycles. The number of hydrogen-bond donors (Lipinski definition) is 0. The van der Waals surface area contributed by atoms with Gasteiger partial charge in [0.2, 0.25) is 0 Å². The van der Waals surface area contributed by atoms with E-state index in [9.17, 15) is 0 Å². The molecule has 2 aromatic carbocycles. The lowest BCUT2D eigenvalue weighted by Crippen LogP contribution is -2.09. The van der Waals surface area contributed by atoms with Gasteiger partial charge >= 0.3 is 0 Å². The third-order valence-corrected chi connectivity index (χ3v) is 5.64. The average molecular weight is 314 g/mol. The smallest absolute Gasteiger partial charge is 0.0261 e. The van der Waals surface area contributed by atoms with Gasteiger partial charge in [-0.3, -0.25) is 0 Å². The van der Waals surface area contributed by atoms with E-state index >= 15 is 0 Å². The molecule has 0 nitrogen and oxygen atoms in total. The minimum absolute atomic E-state index is 0.215. The van der Waals surface area contributed by atoms with Gasteiger partial charge in [-0.15, -0.1) is 0 Å². The van der Waals surface area contributed by atoms with Crippen LogP contribution < -0.4 is 0 Å². The van der Waals surface area contributed by atoms with Crippen molar-refractivity contribution in [3.05, 3.63) is 82.0 Å². The topological polar surface area (TPSA) is 0 Å². The van der Waals surface area contributed by atoms with Crippen molar-refractivity contribution < 1.29 is 0 Å². The molecule has 24 heavy (non-hydrogen) atoms. The fourth-order valence-corrected chi connectivity index (χ4v) is 4.59. The van der Waals surface area contributed by atoms with Gasteiger partial charge in [0, 0.05) is 5.92 Å². The summed E-state index contributed by atoms with van der Waals surface area (Å²) in [5.41, 5.74) is 12.0. The Balaban J connectivity index is 1.77. The van der Waals surface area contributed by atoms with E-state index in [4.69, 9.17) is 0 Å². The van der Waals surface area contributed by atoms with Crippen LogP contribution >= 0.6 is 0 Å². The standard InChI is InChI=1S/C24H26/c1-15-12-22(24(3,4)5)16(2)23(15)18-10-11-21-19(14-18)13-17-8-6-7-9-20(17)21/h6-12,14,23H,13H2,1-5H3. The van der Waals surface area contributed by atoms with Crippen molar-refractivity contribution in [3.8, 4) is 11.1 Å². The number of benzene rings is 2. The van der Waals surface area contributed by atoms with E-state index in [1.807, 2.05) is 0 Å². The molecule has 0 saturated carbocycles. The van der Waals surface area contributed by atoms with Crippen LogP contribution in [0.5, 0.6) is 0 Å². The molecular formula is C24H26. The molecule has 0 radical (unpaired) electrons. The highest BCUT2D eigenvalue weighted by atomic mass is 14.3. The monoisotopic (exact) mass is 314 g/mol. The van der Waals surface area contributed by atoms with Gasteiger partial charge in [-0.05, 0) is 59.1 Å². The molecule has 4 rings (SSSR count). The fourth-order valence-electron chi connectivity index (χ4n) is 4.59. The third-order valence-electron chi connectivity index (χ3n) is 5.64. The van der Waals surface area contributed by atoms with Gasteiger partial charge in [0.05, 0.1) is 0 Å². The van der Waals surface area contributed by atoms with Gasteiger partial charge in [-0.25, -0.2) is 0 Å². The highest BCUT2D eigenvalue weighted by Crippen LogP contribution is 2.46. The van der Waals surface area contributed by atoms with E-state index in [0.29, 0.717) is 5.92 Å². The summed E-state index contributed by atoms with van der Waals surface area (Å²) in [5, 5.41) is 0. The molecule has 2 aromatic rings. The van der Waals surface area contributed by atoms with Gasteiger partial charge in [-0.2, -0.15) is 0 Å². The van der Waals surface area contributed by atoms with E-state index < -0.39 is 0 Å². The Morgan fingerprint density at radius 2 is 1.58 bits per heavy atom. The molecule has 0 amide bonds. The summed E-state index contributed by atoms with van der Waals surface area (Å²) < 4.78 is 0. The Labute approximate surface area is 145 Å². The third kappa shape index (κ3) is 2.28. The Morgan fingerprint density at radius 3 is 2.29 bits per heavy atom. The summed E-state index contributed by atoms with van der Waals surface area (Å²) in [6.07, 6.45) is 3.49. The number of rotatable bonds is 1. The quantitative estimate of drug-likeness (QED) is 0.471. The highest BCUT2D eigenvalue weighted by Gasteiger charge is 2.30. The molecule has 0 fully saturated rings. The maximum Gasteiger partial charge on any atom is 0.0261 e. The molecular weight excluding hydrogens is 288 g/mol. The van der Waals surface area contributed by atoms with Crippen molar-refractivity contribution >= 4 is 0 Å². The predicted octanol–water partition coefficient (Wildman–Crippen LogP) is 6.66.